The van der Waals surface area contributed by atoms with Gasteiger partial charge in [0, 0.05) is 5.92 Å². The summed E-state index contributed by atoms with van der Waals surface area (Å²) >= 11 is 1.22. The fourth-order valence-electron chi connectivity index (χ4n) is 2.97. The van der Waals surface area contributed by atoms with Crippen LogP contribution in [0.4, 0.5) is 14.9 Å². The van der Waals surface area contributed by atoms with E-state index in [0.717, 1.165) is 24.2 Å². The Morgan fingerprint density at radius 1 is 1.07 bits per heavy atom. The van der Waals surface area contributed by atoms with Crippen molar-refractivity contribution in [3.63, 3.8) is 0 Å². The highest BCUT2D eigenvalue weighted by atomic mass is 32.2. The third kappa shape index (κ3) is 5.04. The number of amides is 3. The summed E-state index contributed by atoms with van der Waals surface area (Å²) in [5, 5.41) is 13.7. The van der Waals surface area contributed by atoms with Crippen molar-refractivity contribution in [2.75, 3.05) is 11.1 Å². The highest BCUT2D eigenvalue weighted by Gasteiger charge is 2.30. The Labute approximate surface area is 177 Å². The molecule has 0 saturated heterocycles. The zero-order valence-corrected chi connectivity index (χ0v) is 16.9. The fraction of sp³-hybridized carbons (Fsp3) is 0.238. The second-order valence-corrected chi connectivity index (χ2v) is 7.90. The lowest BCUT2D eigenvalue weighted by Crippen LogP contribution is -2.35. The number of carbonyl (C=O) groups is 2. The predicted octanol–water partition coefficient (Wildman–Crippen LogP) is 3.78. The van der Waals surface area contributed by atoms with Gasteiger partial charge in [-0.1, -0.05) is 54.2 Å². The van der Waals surface area contributed by atoms with Gasteiger partial charge in [0.05, 0.1) is 18.0 Å². The van der Waals surface area contributed by atoms with Crippen LogP contribution in [-0.2, 0) is 11.3 Å². The molecule has 3 aromatic rings. The lowest BCUT2D eigenvalue weighted by molar-refractivity contribution is -0.117. The molecule has 1 aliphatic carbocycles. The Kier molecular flexibility index (Phi) is 6.08. The highest BCUT2D eigenvalue weighted by molar-refractivity contribution is 7.99. The second-order valence-electron chi connectivity index (χ2n) is 6.96. The van der Waals surface area contributed by atoms with Crippen molar-refractivity contribution in [3.8, 4) is 0 Å². The standard InChI is InChI=1S/C21H20FN5O2S/c22-16-8-4-5-9-17(16)23-20(29)24-18(28)13-30-21-26-25-19(15-10-11-15)27(21)12-14-6-2-1-3-7-14/h1-9,15H,10-13H2,(H2,23,24,28,29). The molecule has 7 nitrogen and oxygen atoms in total. The Morgan fingerprint density at radius 3 is 2.53 bits per heavy atom. The van der Waals surface area contributed by atoms with E-state index in [-0.39, 0.29) is 11.4 Å². The van der Waals surface area contributed by atoms with E-state index in [1.165, 1.54) is 30.0 Å². The van der Waals surface area contributed by atoms with Crippen molar-refractivity contribution in [1.82, 2.24) is 20.1 Å². The first-order valence-electron chi connectivity index (χ1n) is 9.55. The molecule has 1 aliphatic rings. The van der Waals surface area contributed by atoms with E-state index in [2.05, 4.69) is 20.8 Å². The summed E-state index contributed by atoms with van der Waals surface area (Å²) in [6.45, 7) is 0.622. The molecule has 0 atom stereocenters. The summed E-state index contributed by atoms with van der Waals surface area (Å²) in [6, 6.07) is 14.9. The minimum atomic E-state index is -0.782. The van der Waals surface area contributed by atoms with Crippen LogP contribution in [0.15, 0.2) is 59.8 Å². The Hall–Kier alpha value is -3.20. The van der Waals surface area contributed by atoms with Crippen LogP contribution in [0.3, 0.4) is 0 Å². The van der Waals surface area contributed by atoms with E-state index in [0.29, 0.717) is 17.6 Å². The number of hydrogen-bond acceptors (Lipinski definition) is 5. The Morgan fingerprint density at radius 2 is 1.80 bits per heavy atom. The van der Waals surface area contributed by atoms with Gasteiger partial charge in [-0.15, -0.1) is 10.2 Å². The number of anilines is 1. The maximum absolute atomic E-state index is 13.6. The summed E-state index contributed by atoms with van der Waals surface area (Å²) in [5.41, 5.74) is 1.13. The third-order valence-corrected chi connectivity index (χ3v) is 5.55. The Balaban J connectivity index is 1.37. The zero-order chi connectivity index (χ0) is 20.9. The number of para-hydroxylation sites is 1. The SMILES string of the molecule is O=C(CSc1nnc(C2CC2)n1Cc1ccccc1)NC(=O)Nc1ccccc1F. The van der Waals surface area contributed by atoms with Gasteiger partial charge in [-0.2, -0.15) is 0 Å². The maximum atomic E-state index is 13.6. The molecule has 2 N–H and O–H groups in total. The van der Waals surface area contributed by atoms with Gasteiger partial charge in [0.25, 0.3) is 0 Å². The highest BCUT2D eigenvalue weighted by Crippen LogP contribution is 2.40. The summed E-state index contributed by atoms with van der Waals surface area (Å²) in [4.78, 5) is 24.1. The molecule has 1 saturated carbocycles. The van der Waals surface area contributed by atoms with E-state index >= 15 is 0 Å². The molecule has 9 heteroatoms. The molecule has 0 unspecified atom stereocenters. The number of hydrogen-bond donors (Lipinski definition) is 2. The van der Waals surface area contributed by atoms with Crippen molar-refractivity contribution in [2.45, 2.75) is 30.5 Å². The number of rotatable bonds is 7. The van der Waals surface area contributed by atoms with Gasteiger partial charge < -0.3 is 9.88 Å². The Bertz CT molecular complexity index is 1050. The number of carbonyl (C=O) groups excluding carboxylic acids is 2. The van der Waals surface area contributed by atoms with Crippen LogP contribution < -0.4 is 10.6 Å². The quantitative estimate of drug-likeness (QED) is 0.563. The summed E-state index contributed by atoms with van der Waals surface area (Å²) in [7, 11) is 0. The first-order valence-corrected chi connectivity index (χ1v) is 10.5. The summed E-state index contributed by atoms with van der Waals surface area (Å²) < 4.78 is 15.6. The first-order chi connectivity index (χ1) is 14.6. The number of nitrogens with one attached hydrogen (secondary N) is 2. The molecule has 0 spiro atoms. The van der Waals surface area contributed by atoms with Gasteiger partial charge >= 0.3 is 6.03 Å². The van der Waals surface area contributed by atoms with Crippen molar-refractivity contribution in [3.05, 3.63) is 71.8 Å². The lowest BCUT2D eigenvalue weighted by Gasteiger charge is -2.10. The zero-order valence-electron chi connectivity index (χ0n) is 16.0. The number of nitrogens with zero attached hydrogens (tertiary/aromatic N) is 3. The fourth-order valence-corrected chi connectivity index (χ4v) is 3.72. The molecule has 2 aromatic carbocycles. The summed E-state index contributed by atoms with van der Waals surface area (Å²) in [5.74, 6) is 0.254. The molecule has 3 amide bonds. The largest absolute Gasteiger partial charge is 0.325 e. The number of halogens is 1. The van der Waals surface area contributed by atoms with Gasteiger partial charge in [-0.05, 0) is 30.5 Å². The predicted molar refractivity (Wildman–Crippen MR) is 112 cm³/mol. The van der Waals surface area contributed by atoms with Gasteiger partial charge in [-0.3, -0.25) is 10.1 Å². The molecule has 1 heterocycles. The van der Waals surface area contributed by atoms with Gasteiger partial charge in [0.1, 0.15) is 11.6 Å². The summed E-state index contributed by atoms with van der Waals surface area (Å²) in [6.07, 6.45) is 2.18. The van der Waals surface area contributed by atoms with Crippen LogP contribution >= 0.6 is 11.8 Å². The third-order valence-electron chi connectivity index (χ3n) is 4.58. The molecule has 4 rings (SSSR count). The molecule has 1 fully saturated rings. The van der Waals surface area contributed by atoms with Crippen molar-refractivity contribution >= 4 is 29.4 Å². The van der Waals surface area contributed by atoms with Crippen molar-refractivity contribution in [1.29, 1.82) is 0 Å². The van der Waals surface area contributed by atoms with Crippen LogP contribution in [0, 0.1) is 5.82 Å². The number of aromatic nitrogens is 3. The van der Waals surface area contributed by atoms with Crippen LogP contribution in [0.1, 0.15) is 30.1 Å². The second kappa shape index (κ2) is 9.08. The average Bonchev–Trinajstić information content (AvgIpc) is 3.51. The molecular weight excluding hydrogens is 405 g/mol. The number of imide groups is 1. The molecule has 0 radical (unpaired) electrons. The maximum Gasteiger partial charge on any atom is 0.325 e. The molecule has 154 valence electrons. The minimum Gasteiger partial charge on any atom is -0.305 e. The van der Waals surface area contributed by atoms with Gasteiger partial charge in [0.15, 0.2) is 5.16 Å². The molecule has 30 heavy (non-hydrogen) atoms. The topological polar surface area (TPSA) is 88.9 Å². The molecular formula is C21H20FN5O2S. The van der Waals surface area contributed by atoms with E-state index in [1.807, 2.05) is 34.9 Å². The number of urea groups is 1. The van der Waals surface area contributed by atoms with Gasteiger partial charge in [-0.25, -0.2) is 9.18 Å². The smallest absolute Gasteiger partial charge is 0.305 e. The average molecular weight is 425 g/mol. The molecule has 0 aliphatic heterocycles. The minimum absolute atomic E-state index is 0.00660. The lowest BCUT2D eigenvalue weighted by atomic mass is 10.2. The monoisotopic (exact) mass is 425 g/mol. The number of thioether (sulfide) groups is 1. The first kappa shape index (κ1) is 20.1. The van der Waals surface area contributed by atoms with Crippen molar-refractivity contribution in [2.24, 2.45) is 0 Å². The van der Waals surface area contributed by atoms with E-state index in [9.17, 15) is 14.0 Å². The number of benzene rings is 2. The van der Waals surface area contributed by atoms with E-state index < -0.39 is 17.8 Å². The van der Waals surface area contributed by atoms with Crippen LogP contribution in [-0.4, -0.2) is 32.5 Å². The van der Waals surface area contributed by atoms with Crippen LogP contribution in [0.2, 0.25) is 0 Å². The van der Waals surface area contributed by atoms with Crippen LogP contribution in [0.5, 0.6) is 0 Å². The van der Waals surface area contributed by atoms with E-state index in [4.69, 9.17) is 0 Å². The molecule has 1 aromatic heterocycles. The van der Waals surface area contributed by atoms with Crippen molar-refractivity contribution < 1.29 is 14.0 Å². The molecule has 0 bridgehead atoms. The van der Waals surface area contributed by atoms with Gasteiger partial charge in [0.2, 0.25) is 5.91 Å². The van der Waals surface area contributed by atoms with E-state index in [1.54, 1.807) is 6.07 Å². The van der Waals surface area contributed by atoms with Crippen LogP contribution in [0.25, 0.3) is 0 Å². The normalized spacial score (nSPS) is 13.1.